The van der Waals surface area contributed by atoms with Crippen LogP contribution in [-0.4, -0.2) is 46.6 Å². The molecule has 0 unspecified atom stereocenters. The van der Waals surface area contributed by atoms with Crippen LogP contribution in [0.2, 0.25) is 5.02 Å². The van der Waals surface area contributed by atoms with Crippen molar-refractivity contribution in [1.82, 2.24) is 9.88 Å². The Balaban J connectivity index is 1.09. The minimum absolute atomic E-state index is 0.150. The summed E-state index contributed by atoms with van der Waals surface area (Å²) in [5, 5.41) is 15.0. The fraction of sp³-hybridized carbons (Fsp3) is 0.258. The summed E-state index contributed by atoms with van der Waals surface area (Å²) in [6.45, 7) is 3.18. The first kappa shape index (κ1) is 25.5. The van der Waals surface area contributed by atoms with E-state index in [4.69, 9.17) is 20.8 Å². The molecule has 6 rings (SSSR count). The lowest BCUT2D eigenvalue weighted by Gasteiger charge is -2.29. The molecule has 0 spiro atoms. The number of carbonyl (C=O) groups is 1. The van der Waals surface area contributed by atoms with Crippen molar-refractivity contribution in [1.29, 1.82) is 0 Å². The van der Waals surface area contributed by atoms with Gasteiger partial charge in [0.15, 0.2) is 0 Å². The van der Waals surface area contributed by atoms with Gasteiger partial charge in [-0.3, -0.25) is 4.79 Å². The van der Waals surface area contributed by atoms with E-state index in [1.54, 1.807) is 12.3 Å². The summed E-state index contributed by atoms with van der Waals surface area (Å²) in [6, 6.07) is 21.0. The fourth-order valence-electron chi connectivity index (χ4n) is 5.08. The molecule has 200 valence electrons. The van der Waals surface area contributed by atoms with Gasteiger partial charge in [-0.2, -0.15) is 0 Å². The highest BCUT2D eigenvalue weighted by Gasteiger charge is 2.17. The zero-order chi connectivity index (χ0) is 26.8. The molecule has 1 saturated heterocycles. The van der Waals surface area contributed by atoms with E-state index in [0.29, 0.717) is 23.1 Å². The number of ether oxygens (including phenoxy) is 1. The number of anilines is 1. The largest absolute Gasteiger partial charge is 0.488 e. The molecule has 0 atom stereocenters. The molecule has 1 fully saturated rings. The highest BCUT2D eigenvalue weighted by molar-refractivity contribution is 6.31. The van der Waals surface area contributed by atoms with Crippen molar-refractivity contribution in [3.05, 3.63) is 94.8 Å². The number of nitrogens with one attached hydrogen (secondary N) is 2. The van der Waals surface area contributed by atoms with Crippen LogP contribution in [0.3, 0.4) is 0 Å². The first-order valence-corrected chi connectivity index (χ1v) is 13.6. The molecule has 0 saturated carbocycles. The smallest absolute Gasteiger partial charge is 0.272 e. The minimum atomic E-state index is -0.216. The SMILES string of the molecule is O=C(Nc1ccc(CCN2CCC(O)CC2)cc1)c1cc2c(OCc3coc4ccc(Cl)cc34)cccc2[nH]1. The van der Waals surface area contributed by atoms with Crippen LogP contribution in [0.4, 0.5) is 5.69 Å². The van der Waals surface area contributed by atoms with Crippen molar-refractivity contribution in [3.8, 4) is 5.75 Å². The van der Waals surface area contributed by atoms with Crippen LogP contribution >= 0.6 is 11.6 Å². The number of hydrogen-bond donors (Lipinski definition) is 3. The first-order valence-electron chi connectivity index (χ1n) is 13.2. The number of aliphatic hydroxyl groups excluding tert-OH is 1. The van der Waals surface area contributed by atoms with Gasteiger partial charge in [0.1, 0.15) is 23.6 Å². The zero-order valence-corrected chi connectivity index (χ0v) is 22.2. The number of fused-ring (bicyclic) bond motifs is 2. The lowest BCUT2D eigenvalue weighted by Crippen LogP contribution is -2.37. The second-order valence-electron chi connectivity index (χ2n) is 10.1. The van der Waals surface area contributed by atoms with Crippen LogP contribution in [0.1, 0.15) is 34.5 Å². The summed E-state index contributed by atoms with van der Waals surface area (Å²) >= 11 is 6.16. The number of likely N-dealkylation sites (tertiary alicyclic amines) is 1. The first-order chi connectivity index (χ1) is 19.0. The van der Waals surface area contributed by atoms with Gasteiger partial charge < -0.3 is 29.5 Å². The highest BCUT2D eigenvalue weighted by atomic mass is 35.5. The van der Waals surface area contributed by atoms with Crippen LogP contribution in [0.15, 0.2) is 77.4 Å². The molecule has 7 nitrogen and oxygen atoms in total. The molecule has 1 amide bonds. The Bertz CT molecular complexity index is 1600. The summed E-state index contributed by atoms with van der Waals surface area (Å²) in [5.41, 5.74) is 4.89. The van der Waals surface area contributed by atoms with E-state index in [1.807, 2.05) is 48.5 Å². The molecule has 0 radical (unpaired) electrons. The number of nitrogens with zero attached hydrogens (tertiary/aromatic N) is 1. The van der Waals surface area contributed by atoms with Crippen molar-refractivity contribution in [2.24, 2.45) is 0 Å². The molecule has 0 bridgehead atoms. The molecule has 5 aromatic rings. The van der Waals surface area contributed by atoms with Crippen molar-refractivity contribution in [2.75, 3.05) is 25.0 Å². The van der Waals surface area contributed by atoms with E-state index in [1.165, 1.54) is 5.56 Å². The summed E-state index contributed by atoms with van der Waals surface area (Å²) in [4.78, 5) is 18.6. The molecule has 8 heteroatoms. The quantitative estimate of drug-likeness (QED) is 0.211. The third kappa shape index (κ3) is 5.81. The number of aromatic nitrogens is 1. The normalized spacial score (nSPS) is 14.7. The van der Waals surface area contributed by atoms with Crippen LogP contribution < -0.4 is 10.1 Å². The number of hydrogen-bond acceptors (Lipinski definition) is 5. The number of benzene rings is 3. The van der Waals surface area contributed by atoms with Crippen LogP contribution in [0, 0.1) is 0 Å². The number of aromatic amines is 1. The van der Waals surface area contributed by atoms with Gasteiger partial charge in [-0.1, -0.05) is 29.8 Å². The minimum Gasteiger partial charge on any atom is -0.488 e. The molecular formula is C31H30ClN3O4. The predicted molar refractivity (Wildman–Crippen MR) is 154 cm³/mol. The van der Waals surface area contributed by atoms with Crippen LogP contribution in [-0.2, 0) is 13.0 Å². The van der Waals surface area contributed by atoms with Crippen molar-refractivity contribution in [3.63, 3.8) is 0 Å². The Hall–Kier alpha value is -3.78. The number of carbonyl (C=O) groups excluding carboxylic acids is 1. The van der Waals surface area contributed by atoms with E-state index in [2.05, 4.69) is 27.3 Å². The van der Waals surface area contributed by atoms with Gasteiger partial charge in [-0.25, -0.2) is 0 Å². The van der Waals surface area contributed by atoms with Gasteiger partial charge in [0, 0.05) is 52.2 Å². The van der Waals surface area contributed by atoms with Crippen molar-refractivity contribution in [2.45, 2.75) is 32.0 Å². The predicted octanol–water partition coefficient (Wildman–Crippen LogP) is 6.40. The maximum Gasteiger partial charge on any atom is 0.272 e. The zero-order valence-electron chi connectivity index (χ0n) is 21.5. The highest BCUT2D eigenvalue weighted by Crippen LogP contribution is 2.30. The molecule has 3 aromatic carbocycles. The average Bonchev–Trinajstić information content (AvgIpc) is 3.57. The Morgan fingerprint density at radius 3 is 2.72 bits per heavy atom. The third-order valence-corrected chi connectivity index (χ3v) is 7.59. The molecule has 1 aliphatic rings. The van der Waals surface area contributed by atoms with E-state index in [9.17, 15) is 9.90 Å². The van der Waals surface area contributed by atoms with Crippen molar-refractivity contribution >= 4 is 45.1 Å². The monoisotopic (exact) mass is 543 g/mol. The topological polar surface area (TPSA) is 90.7 Å². The second kappa shape index (κ2) is 11.1. The number of halogens is 1. The van der Waals surface area contributed by atoms with Gasteiger partial charge in [-0.15, -0.1) is 0 Å². The maximum absolute atomic E-state index is 13.0. The third-order valence-electron chi connectivity index (χ3n) is 7.35. The van der Waals surface area contributed by atoms with E-state index in [-0.39, 0.29) is 12.0 Å². The standard InChI is InChI=1S/C31H30ClN3O4/c32-22-6-9-30-25(16-22)21(19-39-30)18-38-29-3-1-2-27-26(29)17-28(34-27)31(37)33-23-7-4-20(5-8-23)10-13-35-14-11-24(36)12-15-35/h1-9,16-17,19,24,34,36H,10-15,18H2,(H,33,37). The number of rotatable bonds is 8. The second-order valence-corrected chi connectivity index (χ2v) is 10.5. The van der Waals surface area contributed by atoms with Gasteiger partial charge >= 0.3 is 0 Å². The molecule has 3 heterocycles. The van der Waals surface area contributed by atoms with Gasteiger partial charge in [-0.05, 0) is 73.4 Å². The Kier molecular flexibility index (Phi) is 7.28. The lowest BCUT2D eigenvalue weighted by atomic mass is 10.1. The summed E-state index contributed by atoms with van der Waals surface area (Å²) in [5.74, 6) is 0.457. The molecule has 1 aliphatic heterocycles. The Labute approximate surface area is 231 Å². The Morgan fingerprint density at radius 1 is 1.08 bits per heavy atom. The fourth-order valence-corrected chi connectivity index (χ4v) is 5.25. The molecule has 39 heavy (non-hydrogen) atoms. The van der Waals surface area contributed by atoms with E-state index < -0.39 is 0 Å². The van der Waals surface area contributed by atoms with Crippen LogP contribution in [0.25, 0.3) is 21.9 Å². The summed E-state index contributed by atoms with van der Waals surface area (Å²) in [7, 11) is 0. The van der Waals surface area contributed by atoms with Gasteiger partial charge in [0.2, 0.25) is 0 Å². The summed E-state index contributed by atoms with van der Waals surface area (Å²) < 4.78 is 11.8. The molecule has 0 aliphatic carbocycles. The maximum atomic E-state index is 13.0. The number of H-pyrrole nitrogens is 1. The number of aliphatic hydroxyl groups is 1. The van der Waals surface area contributed by atoms with Crippen LogP contribution in [0.5, 0.6) is 5.75 Å². The Morgan fingerprint density at radius 2 is 1.90 bits per heavy atom. The average molecular weight is 544 g/mol. The summed E-state index contributed by atoms with van der Waals surface area (Å²) in [6.07, 6.45) is 4.17. The van der Waals surface area contributed by atoms with Gasteiger partial charge in [0.05, 0.1) is 12.4 Å². The molecule has 3 N–H and O–H groups in total. The number of piperidine rings is 1. The van der Waals surface area contributed by atoms with Crippen molar-refractivity contribution < 1.29 is 19.1 Å². The van der Waals surface area contributed by atoms with E-state index >= 15 is 0 Å². The molecular weight excluding hydrogens is 514 g/mol. The van der Waals surface area contributed by atoms with Gasteiger partial charge in [0.25, 0.3) is 5.91 Å². The lowest BCUT2D eigenvalue weighted by molar-refractivity contribution is 0.0832. The molecule has 2 aromatic heterocycles. The number of furan rings is 1. The number of amides is 1. The van der Waals surface area contributed by atoms with E-state index in [0.717, 1.165) is 72.0 Å².